The van der Waals surface area contributed by atoms with Gasteiger partial charge in [0, 0.05) is 59.7 Å². The van der Waals surface area contributed by atoms with Crippen LogP contribution >= 0.6 is 0 Å². The number of likely N-dealkylation sites (tertiary alicyclic amines) is 1. The number of nitrogens with zero attached hydrogens (tertiary/aromatic N) is 3. The van der Waals surface area contributed by atoms with Gasteiger partial charge >= 0.3 is 0 Å². The maximum Gasteiger partial charge on any atom is 0.264 e. The molecular formula is C37H44N4O5S. The van der Waals surface area contributed by atoms with Gasteiger partial charge in [0.25, 0.3) is 5.91 Å². The molecule has 3 saturated carbocycles. The summed E-state index contributed by atoms with van der Waals surface area (Å²) in [6.45, 7) is 2.38. The first kappa shape index (κ1) is 29.7. The van der Waals surface area contributed by atoms with Crippen LogP contribution < -0.4 is 9.46 Å². The molecule has 1 aromatic heterocycles. The molecule has 3 aliphatic carbocycles. The highest BCUT2D eigenvalue weighted by atomic mass is 32.2. The number of piperazine rings is 1. The normalized spacial score (nSPS) is 28.7. The largest absolute Gasteiger partial charge is 0.497 e. The molecule has 3 aromatic rings. The Morgan fingerprint density at radius 2 is 1.68 bits per heavy atom. The molecule has 2 aromatic carbocycles. The number of methoxy groups -OCH3 is 1. The predicted molar refractivity (Wildman–Crippen MR) is 180 cm³/mol. The first-order valence-corrected chi connectivity index (χ1v) is 19.1. The molecule has 2 saturated heterocycles. The first-order chi connectivity index (χ1) is 22.7. The molecule has 9 nitrogen and oxygen atoms in total. The molecule has 10 heteroatoms. The topological polar surface area (TPSA) is 101 Å². The van der Waals surface area contributed by atoms with Crippen LogP contribution in [-0.4, -0.2) is 79.2 Å². The minimum Gasteiger partial charge on any atom is -0.497 e. The average molecular weight is 657 g/mol. The van der Waals surface area contributed by atoms with Crippen LogP contribution in [0, 0.1) is 5.41 Å². The van der Waals surface area contributed by atoms with Crippen LogP contribution in [0.5, 0.6) is 5.75 Å². The summed E-state index contributed by atoms with van der Waals surface area (Å²) in [5.74, 6) is 0.952. The summed E-state index contributed by atoms with van der Waals surface area (Å²) in [6.07, 6.45) is 9.90. The standard InChI is InChI=1S/C37H44N4O5S/c1-39-19-24-9-10-25(20-39)41(24)36(43)37-18-31(37)30-17-26(46-2)11-15-28(30)34-33(22-6-4-3-5-7-22)29-14-8-23(16-32(29)40(34)21-37)35(42)38-47(44,45)27-12-13-27/h8,11,14-17,22,24-25,27,31H,3-7,9-10,12-13,18-21H2,1-2H3,(H,38,42). The lowest BCUT2D eigenvalue weighted by atomic mass is 9.81. The lowest BCUT2D eigenvalue weighted by molar-refractivity contribution is -0.143. The van der Waals surface area contributed by atoms with Crippen molar-refractivity contribution in [2.45, 2.75) is 99.9 Å². The highest BCUT2D eigenvalue weighted by molar-refractivity contribution is 7.91. The molecule has 47 heavy (non-hydrogen) atoms. The van der Waals surface area contributed by atoms with E-state index in [-0.39, 0.29) is 23.9 Å². The summed E-state index contributed by atoms with van der Waals surface area (Å²) in [7, 11) is 0.176. The zero-order valence-corrected chi connectivity index (χ0v) is 28.2. The Hall–Kier alpha value is -3.37. The highest BCUT2D eigenvalue weighted by Crippen LogP contribution is 2.66. The van der Waals surface area contributed by atoms with Crippen molar-refractivity contribution in [2.75, 3.05) is 27.2 Å². The van der Waals surface area contributed by atoms with Gasteiger partial charge in [-0.1, -0.05) is 25.3 Å². The smallest absolute Gasteiger partial charge is 0.264 e. The summed E-state index contributed by atoms with van der Waals surface area (Å²) >= 11 is 0. The number of ether oxygens (including phenoxy) is 1. The van der Waals surface area contributed by atoms with Gasteiger partial charge in [-0.2, -0.15) is 0 Å². The van der Waals surface area contributed by atoms with Crippen molar-refractivity contribution in [1.29, 1.82) is 0 Å². The lowest BCUT2D eigenvalue weighted by Gasteiger charge is -2.41. The number of aromatic nitrogens is 1. The molecule has 4 unspecified atom stereocenters. The van der Waals surface area contributed by atoms with Crippen molar-refractivity contribution in [3.05, 3.63) is 53.1 Å². The number of benzene rings is 2. The summed E-state index contributed by atoms with van der Waals surface area (Å²) in [4.78, 5) is 33.0. The number of likely N-dealkylation sites (N-methyl/N-ethyl adjacent to an activating group) is 1. The number of nitrogens with one attached hydrogen (secondary N) is 1. The Kier molecular flexibility index (Phi) is 6.69. The molecule has 248 valence electrons. The van der Waals surface area contributed by atoms with Gasteiger partial charge in [0.2, 0.25) is 15.9 Å². The summed E-state index contributed by atoms with van der Waals surface area (Å²) in [6, 6.07) is 12.6. The predicted octanol–water partition coefficient (Wildman–Crippen LogP) is 5.38. The van der Waals surface area contributed by atoms with Crippen LogP contribution in [0.1, 0.15) is 97.5 Å². The van der Waals surface area contributed by atoms with Gasteiger partial charge in [-0.15, -0.1) is 0 Å². The van der Waals surface area contributed by atoms with Crippen LogP contribution in [0.3, 0.4) is 0 Å². The third kappa shape index (κ3) is 4.60. The fourth-order valence-electron chi connectivity index (χ4n) is 9.77. The van der Waals surface area contributed by atoms with Gasteiger partial charge in [-0.25, -0.2) is 13.1 Å². The number of fused-ring (bicyclic) bond motifs is 9. The van der Waals surface area contributed by atoms with Crippen molar-refractivity contribution in [3.63, 3.8) is 0 Å². The fourth-order valence-corrected chi connectivity index (χ4v) is 11.1. The molecule has 0 radical (unpaired) electrons. The van der Waals surface area contributed by atoms with E-state index in [1.165, 1.54) is 30.4 Å². The van der Waals surface area contributed by atoms with Gasteiger partial charge in [0.15, 0.2) is 0 Å². The van der Waals surface area contributed by atoms with Crippen LogP contribution in [0.2, 0.25) is 0 Å². The minimum atomic E-state index is -3.69. The molecule has 9 rings (SSSR count). The Morgan fingerprint density at radius 1 is 0.936 bits per heavy atom. The minimum absolute atomic E-state index is 0.0866. The van der Waals surface area contributed by atoms with Crippen LogP contribution in [-0.2, 0) is 21.4 Å². The third-order valence-electron chi connectivity index (χ3n) is 12.3. The van der Waals surface area contributed by atoms with Crippen molar-refractivity contribution in [3.8, 4) is 17.0 Å². The molecule has 1 N–H and O–H groups in total. The number of carbonyl (C=O) groups excluding carboxylic acids is 2. The summed E-state index contributed by atoms with van der Waals surface area (Å²) in [5.41, 5.74) is 5.49. The third-order valence-corrected chi connectivity index (χ3v) is 14.1. The maximum absolute atomic E-state index is 15.0. The van der Waals surface area contributed by atoms with Crippen LogP contribution in [0.4, 0.5) is 0 Å². The van der Waals surface area contributed by atoms with E-state index in [2.05, 4.69) is 38.3 Å². The Labute approximate surface area is 276 Å². The van der Waals surface area contributed by atoms with Crippen LogP contribution in [0.25, 0.3) is 22.2 Å². The summed E-state index contributed by atoms with van der Waals surface area (Å²) in [5, 5.41) is 0.630. The molecular weight excluding hydrogens is 612 g/mol. The Morgan fingerprint density at radius 3 is 2.38 bits per heavy atom. The van der Waals surface area contributed by atoms with Gasteiger partial charge in [-0.05, 0) is 99.4 Å². The molecule has 3 aliphatic heterocycles. The van der Waals surface area contributed by atoms with E-state index in [0.717, 1.165) is 73.1 Å². The van der Waals surface area contributed by atoms with E-state index in [1.807, 2.05) is 18.2 Å². The van der Waals surface area contributed by atoms with Crippen LogP contribution in [0.15, 0.2) is 36.4 Å². The van der Waals surface area contributed by atoms with E-state index in [4.69, 9.17) is 4.74 Å². The molecule has 4 heterocycles. The lowest BCUT2D eigenvalue weighted by Crippen LogP contribution is -2.57. The molecule has 0 spiro atoms. The molecule has 4 atom stereocenters. The number of amides is 2. The summed E-state index contributed by atoms with van der Waals surface area (Å²) < 4.78 is 35.9. The maximum atomic E-state index is 15.0. The Bertz CT molecular complexity index is 1910. The SMILES string of the molecule is COc1ccc2c(c1)C1CC1(C(=O)N1C3CCC1CN(C)C3)Cn1c-2c(C2CCCCC2)c2ccc(C(=O)NS(=O)(=O)C3CC3)cc21. The van der Waals surface area contributed by atoms with E-state index in [9.17, 15) is 18.0 Å². The zero-order valence-electron chi connectivity index (χ0n) is 27.3. The van der Waals surface area contributed by atoms with Gasteiger partial charge in [0.05, 0.1) is 23.5 Å². The number of hydrogen-bond acceptors (Lipinski definition) is 6. The number of carbonyl (C=O) groups is 2. The van der Waals surface area contributed by atoms with Gasteiger partial charge in [-0.3, -0.25) is 9.59 Å². The zero-order chi connectivity index (χ0) is 32.2. The van der Waals surface area contributed by atoms with E-state index in [1.54, 1.807) is 13.2 Å². The number of sulfonamides is 1. The van der Waals surface area contributed by atoms with Crippen molar-refractivity contribution in [1.82, 2.24) is 19.1 Å². The molecule has 6 aliphatic rings. The monoisotopic (exact) mass is 656 g/mol. The van der Waals surface area contributed by atoms with Gasteiger partial charge < -0.3 is 19.1 Å². The second-order valence-electron chi connectivity index (χ2n) is 15.3. The Balaban J connectivity index is 1.23. The van der Waals surface area contributed by atoms with E-state index < -0.39 is 26.6 Å². The number of rotatable bonds is 6. The quantitative estimate of drug-likeness (QED) is 0.383. The average Bonchev–Trinajstić information content (AvgIpc) is 3.99. The number of hydrogen-bond donors (Lipinski definition) is 1. The molecule has 2 bridgehead atoms. The van der Waals surface area contributed by atoms with Gasteiger partial charge in [0.1, 0.15) is 5.75 Å². The second kappa shape index (κ2) is 10.6. The fraction of sp³-hybridized carbons (Fsp3) is 0.568. The molecule has 2 amide bonds. The second-order valence-corrected chi connectivity index (χ2v) is 17.2. The van der Waals surface area contributed by atoms with E-state index >= 15 is 0 Å². The van der Waals surface area contributed by atoms with Crippen molar-refractivity contribution < 1.29 is 22.7 Å². The highest BCUT2D eigenvalue weighted by Gasteiger charge is 2.65. The van der Waals surface area contributed by atoms with Crippen molar-refractivity contribution >= 4 is 32.7 Å². The molecule has 5 fully saturated rings. The van der Waals surface area contributed by atoms with E-state index in [0.29, 0.717) is 30.9 Å². The van der Waals surface area contributed by atoms with Crippen molar-refractivity contribution in [2.24, 2.45) is 5.41 Å². The first-order valence-electron chi connectivity index (χ1n) is 17.6.